The van der Waals surface area contributed by atoms with E-state index in [1.54, 1.807) is 13.8 Å². The summed E-state index contributed by atoms with van der Waals surface area (Å²) >= 11 is 0. The van der Waals surface area contributed by atoms with Crippen molar-refractivity contribution in [2.45, 2.75) is 52.6 Å². The minimum atomic E-state index is -0.395. The highest BCUT2D eigenvalue weighted by Crippen LogP contribution is 2.09. The van der Waals surface area contributed by atoms with E-state index in [0.29, 0.717) is 49.4 Å². The highest BCUT2D eigenvalue weighted by atomic mass is 16.6. The first-order valence-electron chi connectivity index (χ1n) is 14.1. The maximum atomic E-state index is 11.0. The van der Waals surface area contributed by atoms with Gasteiger partial charge < -0.3 is 28.8 Å². The third-order valence-corrected chi connectivity index (χ3v) is 4.89. The van der Waals surface area contributed by atoms with Gasteiger partial charge in [0.2, 0.25) is 0 Å². The van der Waals surface area contributed by atoms with Gasteiger partial charge >= 0.3 is 23.9 Å². The molecule has 1 aliphatic heterocycles. The first-order chi connectivity index (χ1) is 20.9. The van der Waals surface area contributed by atoms with Crippen molar-refractivity contribution in [1.29, 1.82) is 0 Å². The van der Waals surface area contributed by atoms with Crippen LogP contribution in [0.1, 0.15) is 52.0 Å². The minimum Gasteiger partial charge on any atom is -0.466 e. The molecule has 0 amide bonds. The van der Waals surface area contributed by atoms with E-state index in [-0.39, 0.29) is 37.2 Å². The number of rotatable bonds is 15. The Bertz CT molecular complexity index is 1070. The number of epoxide rings is 1. The third-order valence-electron chi connectivity index (χ3n) is 4.89. The maximum absolute atomic E-state index is 11.0. The van der Waals surface area contributed by atoms with Crippen molar-refractivity contribution >= 4 is 30.0 Å². The van der Waals surface area contributed by atoms with E-state index in [9.17, 15) is 19.2 Å². The SMILES string of the molecule is C=C(C)C(=O)OCC1CO1.C=C(C)C(=O)OCCCO.C=C(CC=Cc1ccccc1)C(=O)OC.C=CC(=O)OCCCC. The number of esters is 4. The van der Waals surface area contributed by atoms with E-state index in [1.165, 1.54) is 13.2 Å². The lowest BCUT2D eigenvalue weighted by Crippen LogP contribution is -2.09. The van der Waals surface area contributed by atoms with E-state index in [2.05, 4.69) is 40.5 Å². The molecule has 10 nitrogen and oxygen atoms in total. The Morgan fingerprint density at radius 2 is 1.50 bits per heavy atom. The van der Waals surface area contributed by atoms with Crippen LogP contribution in [0.4, 0.5) is 0 Å². The zero-order valence-corrected chi connectivity index (χ0v) is 26.5. The van der Waals surface area contributed by atoms with Crippen molar-refractivity contribution in [3.8, 4) is 0 Å². The van der Waals surface area contributed by atoms with Crippen LogP contribution in [0.2, 0.25) is 0 Å². The molecule has 0 aliphatic carbocycles. The molecule has 1 atom stereocenters. The Morgan fingerprint density at radius 1 is 0.932 bits per heavy atom. The van der Waals surface area contributed by atoms with Crippen molar-refractivity contribution in [1.82, 2.24) is 0 Å². The van der Waals surface area contributed by atoms with Crippen LogP contribution >= 0.6 is 0 Å². The molecule has 1 fully saturated rings. The molecule has 1 unspecified atom stereocenters. The molecule has 1 aromatic rings. The van der Waals surface area contributed by atoms with E-state index >= 15 is 0 Å². The summed E-state index contributed by atoms with van der Waals surface area (Å²) in [5.74, 6) is -1.42. The number of allylic oxidation sites excluding steroid dienone is 1. The second kappa shape index (κ2) is 27.5. The van der Waals surface area contributed by atoms with Crippen LogP contribution in [0, 0.1) is 0 Å². The third kappa shape index (κ3) is 26.6. The lowest BCUT2D eigenvalue weighted by Gasteiger charge is -2.00. The highest BCUT2D eigenvalue weighted by Gasteiger charge is 2.24. The van der Waals surface area contributed by atoms with Gasteiger partial charge in [-0.1, -0.05) is 82.1 Å². The molecule has 0 spiro atoms. The number of ether oxygens (including phenoxy) is 5. The molecule has 0 radical (unpaired) electrons. The van der Waals surface area contributed by atoms with Crippen molar-refractivity contribution in [2.24, 2.45) is 0 Å². The monoisotopic (exact) mass is 616 g/mol. The van der Waals surface area contributed by atoms with Gasteiger partial charge in [-0.15, -0.1) is 0 Å². The normalized spacial score (nSPS) is 12.2. The topological polar surface area (TPSA) is 138 Å². The number of methoxy groups -OCH3 is 1. The smallest absolute Gasteiger partial charge is 0.333 e. The fraction of sp³-hybridized carbons (Fsp3) is 0.412. The van der Waals surface area contributed by atoms with Crippen molar-refractivity contribution in [2.75, 3.05) is 40.1 Å². The molecule has 244 valence electrons. The molecule has 1 N–H and O–H groups in total. The van der Waals surface area contributed by atoms with Crippen LogP contribution < -0.4 is 0 Å². The highest BCUT2D eigenvalue weighted by molar-refractivity contribution is 5.88. The Balaban J connectivity index is 0. The van der Waals surface area contributed by atoms with Gasteiger partial charge in [-0.05, 0) is 32.3 Å². The Morgan fingerprint density at radius 3 is 1.98 bits per heavy atom. The summed E-state index contributed by atoms with van der Waals surface area (Å²) in [7, 11) is 1.36. The second-order valence-electron chi connectivity index (χ2n) is 9.17. The Kier molecular flexibility index (Phi) is 26.2. The first-order valence-corrected chi connectivity index (χ1v) is 14.1. The number of aliphatic hydroxyl groups excluding tert-OH is 1. The number of hydrogen-bond acceptors (Lipinski definition) is 10. The Labute approximate surface area is 261 Å². The average Bonchev–Trinajstić information content (AvgIpc) is 3.85. The number of aliphatic hydroxyl groups is 1. The zero-order valence-electron chi connectivity index (χ0n) is 26.5. The number of benzene rings is 1. The summed E-state index contributed by atoms with van der Waals surface area (Å²) in [5.41, 5.74) is 2.39. The molecule has 10 heteroatoms. The standard InChI is InChI=1S/C13H14O2.C7H10O3.C7H12O3.C7H12O2/c1-11(13(14)15-2)7-6-10-12-8-4-3-5-9-12;1-5(2)7(8)10-4-6-3-9-6;1-6(2)7(9)10-5-3-4-8;1-3-5-6-9-7(8)4-2/h3-6,8-10H,1,7H2,2H3;6H,1,3-4H2,2H3;8H,1,3-5H2,2H3;4H,2-3,5-6H2,1H3. The van der Waals surface area contributed by atoms with Gasteiger partial charge in [0, 0.05) is 35.8 Å². The summed E-state index contributed by atoms with van der Waals surface area (Å²) in [6, 6.07) is 9.89. The molecule has 0 bridgehead atoms. The molecule has 1 heterocycles. The van der Waals surface area contributed by atoms with Crippen molar-refractivity contribution in [3.63, 3.8) is 0 Å². The van der Waals surface area contributed by atoms with Gasteiger partial charge in [-0.25, -0.2) is 19.2 Å². The zero-order chi connectivity index (χ0) is 33.8. The maximum Gasteiger partial charge on any atom is 0.333 e. The summed E-state index contributed by atoms with van der Waals surface area (Å²) in [6.45, 7) is 20.9. The van der Waals surface area contributed by atoms with Crippen molar-refractivity contribution in [3.05, 3.63) is 91.1 Å². The number of hydrogen-bond donors (Lipinski definition) is 1. The van der Waals surface area contributed by atoms with Crippen LogP contribution in [-0.4, -0.2) is 75.2 Å². The van der Waals surface area contributed by atoms with Gasteiger partial charge in [-0.3, -0.25) is 0 Å². The van der Waals surface area contributed by atoms with Crippen molar-refractivity contribution < 1.29 is 48.0 Å². The van der Waals surface area contributed by atoms with E-state index in [4.69, 9.17) is 14.6 Å². The van der Waals surface area contributed by atoms with Gasteiger partial charge in [0.05, 0.1) is 26.9 Å². The lowest BCUT2D eigenvalue weighted by atomic mass is 10.1. The van der Waals surface area contributed by atoms with Crippen LogP contribution in [0.15, 0.2) is 85.5 Å². The molecule has 1 aromatic carbocycles. The molecule has 44 heavy (non-hydrogen) atoms. The van der Waals surface area contributed by atoms with Crippen LogP contribution in [0.3, 0.4) is 0 Å². The number of carbonyl (C=O) groups excluding carboxylic acids is 4. The summed E-state index contributed by atoms with van der Waals surface area (Å²) in [4.78, 5) is 42.7. The van der Waals surface area contributed by atoms with Crippen LogP contribution in [-0.2, 0) is 42.9 Å². The quantitative estimate of drug-likeness (QED) is 0.0905. The number of carbonyl (C=O) groups is 4. The average molecular weight is 617 g/mol. The van der Waals surface area contributed by atoms with Gasteiger partial charge in [0.1, 0.15) is 12.7 Å². The predicted octanol–water partition coefficient (Wildman–Crippen LogP) is 5.33. The minimum absolute atomic E-state index is 0.0451. The fourth-order valence-electron chi connectivity index (χ4n) is 2.31. The Hall–Kier alpha value is -4.28. The lowest BCUT2D eigenvalue weighted by molar-refractivity contribution is -0.140. The summed E-state index contributed by atoms with van der Waals surface area (Å²) in [6.07, 6.45) is 8.14. The fourth-order valence-corrected chi connectivity index (χ4v) is 2.31. The largest absolute Gasteiger partial charge is 0.466 e. The molecule has 1 saturated heterocycles. The van der Waals surface area contributed by atoms with E-state index < -0.39 is 5.97 Å². The number of unbranched alkanes of at least 4 members (excludes halogenated alkanes) is 1. The molecular weight excluding hydrogens is 568 g/mol. The summed E-state index contributed by atoms with van der Waals surface area (Å²) in [5, 5.41) is 8.30. The molecule has 0 saturated carbocycles. The van der Waals surface area contributed by atoms with Gasteiger partial charge in [0.15, 0.2) is 0 Å². The van der Waals surface area contributed by atoms with E-state index in [1.807, 2.05) is 49.4 Å². The summed E-state index contributed by atoms with van der Waals surface area (Å²) < 4.78 is 23.5. The molecular formula is C34H48O10. The van der Waals surface area contributed by atoms with Gasteiger partial charge in [0.25, 0.3) is 0 Å². The second-order valence-corrected chi connectivity index (χ2v) is 9.17. The predicted molar refractivity (Wildman–Crippen MR) is 170 cm³/mol. The van der Waals surface area contributed by atoms with Gasteiger partial charge in [-0.2, -0.15) is 0 Å². The first kappa shape index (κ1) is 41.9. The molecule has 2 rings (SSSR count). The molecule has 0 aromatic heterocycles. The molecule has 1 aliphatic rings. The van der Waals surface area contributed by atoms with Crippen LogP contribution in [0.5, 0.6) is 0 Å². The van der Waals surface area contributed by atoms with E-state index in [0.717, 1.165) is 18.4 Å². The van der Waals surface area contributed by atoms with Crippen LogP contribution in [0.25, 0.3) is 6.08 Å².